The SMILES string of the molecule is N#Cc1cc(N)c2c(I)ccc3c4cccc5cccc(c1c23)c54. The molecule has 5 rings (SSSR count). The Morgan fingerprint density at radius 2 is 1.50 bits per heavy atom. The van der Waals surface area contributed by atoms with Crippen molar-refractivity contribution in [1.82, 2.24) is 0 Å². The number of nitrogens with two attached hydrogens (primary N) is 1. The Hall–Kier alpha value is -2.58. The van der Waals surface area contributed by atoms with Gasteiger partial charge in [-0.15, -0.1) is 0 Å². The quantitative estimate of drug-likeness (QED) is 0.150. The summed E-state index contributed by atoms with van der Waals surface area (Å²) >= 11 is 2.32. The van der Waals surface area contributed by atoms with Crippen LogP contribution in [0.15, 0.2) is 54.6 Å². The maximum atomic E-state index is 9.71. The Balaban J connectivity index is 2.31. The van der Waals surface area contributed by atoms with Gasteiger partial charge in [0.05, 0.1) is 11.6 Å². The molecule has 0 amide bonds. The summed E-state index contributed by atoms with van der Waals surface area (Å²) in [6.07, 6.45) is 0. The molecule has 0 radical (unpaired) electrons. The van der Waals surface area contributed by atoms with Gasteiger partial charge in [0.15, 0.2) is 0 Å². The van der Waals surface area contributed by atoms with Crippen LogP contribution in [0.4, 0.5) is 5.69 Å². The molecule has 0 aliphatic carbocycles. The van der Waals surface area contributed by atoms with E-state index in [1.54, 1.807) is 0 Å². The van der Waals surface area contributed by atoms with E-state index >= 15 is 0 Å². The monoisotopic (exact) mass is 418 g/mol. The van der Waals surface area contributed by atoms with Crippen molar-refractivity contribution in [2.24, 2.45) is 0 Å². The molecule has 5 aromatic rings. The van der Waals surface area contributed by atoms with Crippen LogP contribution in [0.25, 0.3) is 43.1 Å². The van der Waals surface area contributed by atoms with E-state index in [1.807, 2.05) is 6.07 Å². The first kappa shape index (κ1) is 13.8. The molecule has 0 aliphatic rings. The van der Waals surface area contributed by atoms with Gasteiger partial charge < -0.3 is 5.73 Å². The smallest absolute Gasteiger partial charge is 0.0999 e. The molecular weight excluding hydrogens is 407 g/mol. The molecule has 0 bridgehead atoms. The fourth-order valence-corrected chi connectivity index (χ4v) is 4.68. The van der Waals surface area contributed by atoms with Gasteiger partial charge in [-0.05, 0) is 61.7 Å². The van der Waals surface area contributed by atoms with Gasteiger partial charge in [0.25, 0.3) is 0 Å². The van der Waals surface area contributed by atoms with Crippen molar-refractivity contribution in [3.63, 3.8) is 0 Å². The van der Waals surface area contributed by atoms with Crippen LogP contribution in [0, 0.1) is 14.9 Å². The van der Waals surface area contributed by atoms with Crippen molar-refractivity contribution in [3.05, 3.63) is 63.7 Å². The van der Waals surface area contributed by atoms with E-state index in [4.69, 9.17) is 5.73 Å². The summed E-state index contributed by atoms with van der Waals surface area (Å²) in [6.45, 7) is 0. The highest BCUT2D eigenvalue weighted by Crippen LogP contribution is 2.44. The number of hydrogen-bond acceptors (Lipinski definition) is 2. The third-order valence-electron chi connectivity index (χ3n) is 4.85. The maximum Gasteiger partial charge on any atom is 0.0999 e. The maximum absolute atomic E-state index is 9.71. The van der Waals surface area contributed by atoms with E-state index in [0.29, 0.717) is 11.3 Å². The molecule has 0 fully saturated rings. The van der Waals surface area contributed by atoms with Gasteiger partial charge in [0.1, 0.15) is 0 Å². The number of hydrogen-bond donors (Lipinski definition) is 1. The van der Waals surface area contributed by atoms with Crippen molar-refractivity contribution in [2.45, 2.75) is 0 Å². The number of nitriles is 1. The van der Waals surface area contributed by atoms with Gasteiger partial charge in [-0.1, -0.05) is 42.5 Å². The van der Waals surface area contributed by atoms with Crippen LogP contribution in [0.2, 0.25) is 0 Å². The van der Waals surface area contributed by atoms with Gasteiger partial charge >= 0.3 is 0 Å². The minimum Gasteiger partial charge on any atom is -0.398 e. The van der Waals surface area contributed by atoms with E-state index in [2.05, 4.69) is 77.2 Å². The highest BCUT2D eigenvalue weighted by molar-refractivity contribution is 14.1. The summed E-state index contributed by atoms with van der Waals surface area (Å²) in [6, 6.07) is 21.1. The predicted octanol–water partition coefficient (Wildman–Crippen LogP) is 5.80. The molecule has 0 saturated heterocycles. The minimum atomic E-state index is 0.644. The summed E-state index contributed by atoms with van der Waals surface area (Å²) in [5.74, 6) is 0. The fraction of sp³-hybridized carbons (Fsp3) is 0. The number of halogens is 1. The number of anilines is 1. The Bertz CT molecular complexity index is 1320. The Kier molecular flexibility index (Phi) is 2.71. The average molecular weight is 418 g/mol. The topological polar surface area (TPSA) is 49.8 Å². The summed E-state index contributed by atoms with van der Waals surface area (Å²) in [4.78, 5) is 0. The number of rotatable bonds is 0. The summed E-state index contributed by atoms with van der Waals surface area (Å²) in [7, 11) is 0. The van der Waals surface area contributed by atoms with E-state index in [9.17, 15) is 5.26 Å². The Morgan fingerprint density at radius 1 is 0.792 bits per heavy atom. The van der Waals surface area contributed by atoms with E-state index in [-0.39, 0.29) is 0 Å². The molecule has 0 atom stereocenters. The second-order valence-corrected chi connectivity index (χ2v) is 7.22. The predicted molar refractivity (Wildman–Crippen MR) is 109 cm³/mol. The summed E-state index contributed by atoms with van der Waals surface area (Å²) in [5, 5.41) is 18.8. The highest BCUT2D eigenvalue weighted by atomic mass is 127. The van der Waals surface area contributed by atoms with E-state index < -0.39 is 0 Å². The zero-order valence-electron chi connectivity index (χ0n) is 12.6. The van der Waals surface area contributed by atoms with Gasteiger partial charge in [0.2, 0.25) is 0 Å². The zero-order valence-corrected chi connectivity index (χ0v) is 14.8. The lowest BCUT2D eigenvalue weighted by atomic mass is 9.87. The van der Waals surface area contributed by atoms with Crippen LogP contribution in [0.1, 0.15) is 5.56 Å². The highest BCUT2D eigenvalue weighted by Gasteiger charge is 2.18. The Morgan fingerprint density at radius 3 is 2.25 bits per heavy atom. The van der Waals surface area contributed by atoms with E-state index in [1.165, 1.54) is 16.2 Å². The van der Waals surface area contributed by atoms with Crippen molar-refractivity contribution in [1.29, 1.82) is 5.26 Å². The first-order valence-corrected chi connectivity index (χ1v) is 8.76. The standard InChI is InChI=1S/C21H11IN2/c22-16-8-7-14-13-5-1-3-11-4-2-6-15(18(11)13)19-12(10-23)9-17(24)21(16)20(14)19/h1-9H,24H2. The van der Waals surface area contributed by atoms with Crippen LogP contribution in [-0.4, -0.2) is 0 Å². The van der Waals surface area contributed by atoms with Crippen molar-refractivity contribution < 1.29 is 0 Å². The molecule has 0 spiro atoms. The van der Waals surface area contributed by atoms with Crippen LogP contribution >= 0.6 is 22.6 Å². The van der Waals surface area contributed by atoms with Gasteiger partial charge in [-0.3, -0.25) is 0 Å². The number of fused-ring (bicyclic) bond motifs is 2. The van der Waals surface area contributed by atoms with E-state index in [0.717, 1.165) is 30.5 Å². The van der Waals surface area contributed by atoms with Crippen molar-refractivity contribution >= 4 is 71.4 Å². The van der Waals surface area contributed by atoms with Crippen LogP contribution in [0.5, 0.6) is 0 Å². The average Bonchev–Trinajstić information content (AvgIpc) is 2.60. The molecule has 24 heavy (non-hydrogen) atoms. The number of benzene rings is 5. The first-order valence-electron chi connectivity index (χ1n) is 7.68. The van der Waals surface area contributed by atoms with Crippen LogP contribution in [-0.2, 0) is 0 Å². The Labute approximate surface area is 151 Å². The van der Waals surface area contributed by atoms with Crippen molar-refractivity contribution in [3.8, 4) is 6.07 Å². The molecule has 3 heteroatoms. The molecule has 5 aromatic carbocycles. The van der Waals surface area contributed by atoms with Crippen molar-refractivity contribution in [2.75, 3.05) is 5.73 Å². The molecule has 0 heterocycles. The summed E-state index contributed by atoms with van der Waals surface area (Å²) < 4.78 is 1.11. The number of nitrogen functional groups attached to an aromatic ring is 1. The second kappa shape index (κ2) is 4.71. The molecule has 0 aliphatic heterocycles. The lowest BCUT2D eigenvalue weighted by Crippen LogP contribution is -1.96. The van der Waals surface area contributed by atoms with Gasteiger partial charge in [0, 0.05) is 25.4 Å². The lowest BCUT2D eigenvalue weighted by Gasteiger charge is -2.17. The molecule has 0 aromatic heterocycles. The zero-order chi connectivity index (χ0) is 16.4. The third kappa shape index (κ3) is 1.59. The molecule has 0 saturated carbocycles. The number of nitrogens with zero attached hydrogens (tertiary/aromatic N) is 1. The molecule has 2 nitrogen and oxygen atoms in total. The largest absolute Gasteiger partial charge is 0.398 e. The van der Waals surface area contributed by atoms with Crippen LogP contribution < -0.4 is 5.73 Å². The van der Waals surface area contributed by atoms with Gasteiger partial charge in [-0.2, -0.15) is 5.26 Å². The molecule has 2 N–H and O–H groups in total. The van der Waals surface area contributed by atoms with Gasteiger partial charge in [-0.25, -0.2) is 0 Å². The van der Waals surface area contributed by atoms with Crippen LogP contribution in [0.3, 0.4) is 0 Å². The third-order valence-corrected chi connectivity index (χ3v) is 5.75. The molecular formula is C21H11IN2. The fourth-order valence-electron chi connectivity index (χ4n) is 3.92. The normalized spacial score (nSPS) is 11.7. The molecule has 0 unspecified atom stereocenters. The first-order chi connectivity index (χ1) is 11.7. The minimum absolute atomic E-state index is 0.644. The lowest BCUT2D eigenvalue weighted by molar-refractivity contribution is 1.51. The molecule has 112 valence electrons. The summed E-state index contributed by atoms with van der Waals surface area (Å²) in [5.41, 5.74) is 7.62. The second-order valence-electron chi connectivity index (χ2n) is 6.05.